The number of nitrogens with zero attached hydrogens (tertiary/aromatic N) is 6. The van der Waals surface area contributed by atoms with Gasteiger partial charge in [-0.1, -0.05) is 32.9 Å². The summed E-state index contributed by atoms with van der Waals surface area (Å²) in [6.45, 7) is 14.8. The minimum Gasteiger partial charge on any atom is -0.347 e. The third-order valence-corrected chi connectivity index (χ3v) is 8.18. The number of H-pyrrole nitrogens is 1. The van der Waals surface area contributed by atoms with Gasteiger partial charge in [-0.3, -0.25) is 9.69 Å². The maximum Gasteiger partial charge on any atom is 0.254 e. The van der Waals surface area contributed by atoms with E-state index >= 15 is 0 Å². The molecule has 38 heavy (non-hydrogen) atoms. The molecular weight excluding hydrogens is 474 g/mol. The van der Waals surface area contributed by atoms with Gasteiger partial charge in [0.25, 0.3) is 5.91 Å². The van der Waals surface area contributed by atoms with Gasteiger partial charge in [-0.25, -0.2) is 9.97 Å². The molecule has 0 bridgehead atoms. The molecule has 1 aromatic carbocycles. The van der Waals surface area contributed by atoms with Crippen molar-refractivity contribution in [1.82, 2.24) is 34.2 Å². The highest BCUT2D eigenvalue weighted by atomic mass is 16.2. The van der Waals surface area contributed by atoms with Crippen LogP contribution >= 0.6 is 0 Å². The second kappa shape index (κ2) is 11.0. The molecule has 2 aliphatic heterocycles. The van der Waals surface area contributed by atoms with E-state index in [-0.39, 0.29) is 5.91 Å². The largest absolute Gasteiger partial charge is 0.347 e. The molecule has 1 N–H and O–H groups in total. The van der Waals surface area contributed by atoms with Crippen LogP contribution in [0.2, 0.25) is 0 Å². The molecule has 5 rings (SSSR count). The Bertz CT molecular complexity index is 1180. The summed E-state index contributed by atoms with van der Waals surface area (Å²) in [6.07, 6.45) is 11.1. The lowest BCUT2D eigenvalue weighted by molar-refractivity contribution is 0.0719. The average Bonchev–Trinajstić information content (AvgIpc) is 3.63. The summed E-state index contributed by atoms with van der Waals surface area (Å²) in [5.41, 5.74) is 2.84. The first kappa shape index (κ1) is 26.6. The Morgan fingerprint density at radius 3 is 2.32 bits per heavy atom. The Balaban J connectivity index is 1.17. The van der Waals surface area contributed by atoms with Gasteiger partial charge in [0.15, 0.2) is 0 Å². The zero-order valence-electron chi connectivity index (χ0n) is 23.5. The first-order chi connectivity index (χ1) is 18.2. The number of nitrogens with one attached hydrogen (secondary N) is 1. The minimum absolute atomic E-state index is 0.0168. The van der Waals surface area contributed by atoms with E-state index in [1.54, 1.807) is 23.5 Å². The van der Waals surface area contributed by atoms with E-state index in [2.05, 4.69) is 57.7 Å². The van der Waals surface area contributed by atoms with E-state index in [0.717, 1.165) is 31.3 Å². The molecule has 1 amide bonds. The van der Waals surface area contributed by atoms with Crippen molar-refractivity contribution in [3.63, 3.8) is 0 Å². The van der Waals surface area contributed by atoms with Gasteiger partial charge in [0.05, 0.1) is 13.1 Å². The van der Waals surface area contributed by atoms with Crippen molar-refractivity contribution >= 4 is 5.91 Å². The van der Waals surface area contributed by atoms with Crippen molar-refractivity contribution < 1.29 is 4.79 Å². The number of likely N-dealkylation sites (tertiary alicyclic amines) is 2. The smallest absolute Gasteiger partial charge is 0.254 e. The number of carbonyl (C=O) groups is 1. The number of benzene rings is 1. The van der Waals surface area contributed by atoms with E-state index in [1.807, 2.05) is 29.9 Å². The molecule has 0 unspecified atom stereocenters. The number of aromatic amines is 1. The van der Waals surface area contributed by atoms with Crippen LogP contribution in [0.3, 0.4) is 0 Å². The van der Waals surface area contributed by atoms with Crippen LogP contribution in [0, 0.1) is 10.8 Å². The van der Waals surface area contributed by atoms with Crippen LogP contribution in [0.15, 0.2) is 49.1 Å². The molecule has 0 atom stereocenters. The number of aryl methyl sites for hydroxylation is 1. The third kappa shape index (κ3) is 6.53. The van der Waals surface area contributed by atoms with E-state index in [4.69, 9.17) is 0 Å². The van der Waals surface area contributed by atoms with Gasteiger partial charge < -0.3 is 19.4 Å². The number of rotatable bonds is 8. The average molecular weight is 518 g/mol. The van der Waals surface area contributed by atoms with Crippen LogP contribution in [-0.4, -0.2) is 72.8 Å². The number of hydrogen-bond acceptors (Lipinski definition) is 5. The Kier molecular flexibility index (Phi) is 7.73. The van der Waals surface area contributed by atoms with Crippen molar-refractivity contribution in [2.45, 2.75) is 59.7 Å². The lowest BCUT2D eigenvalue weighted by Crippen LogP contribution is -2.42. The molecule has 0 saturated carbocycles. The summed E-state index contributed by atoms with van der Waals surface area (Å²) in [5, 5.41) is 0. The second-order valence-corrected chi connectivity index (χ2v) is 12.6. The summed E-state index contributed by atoms with van der Waals surface area (Å²) in [5.74, 6) is 1.58. The van der Waals surface area contributed by atoms with E-state index in [1.165, 1.54) is 44.5 Å². The van der Waals surface area contributed by atoms with Crippen LogP contribution < -0.4 is 0 Å². The SMILES string of the molecule is Cn1ccnc1CN(Cc1ncc[nH]1)C(=O)c1ccc(CN2CCC3(CC2)CCN(CC(C)(C)C)C3)cc1. The standard InChI is InChI=1S/C30H43N7O/c1-29(2,3)22-36-17-11-30(23-36)9-15-35(16-10-30)19-24-5-7-25(8-6-24)28(38)37(20-26-31-12-13-32-26)21-27-33-14-18-34(27)4/h5-8,12-14,18H,9-11,15-17,19-23H2,1-4H3,(H,31,32). The van der Waals surface area contributed by atoms with Crippen LogP contribution in [0.1, 0.15) is 67.6 Å². The predicted octanol–water partition coefficient (Wildman–Crippen LogP) is 4.32. The molecule has 8 nitrogen and oxygen atoms in total. The van der Waals surface area contributed by atoms with Gasteiger partial charge in [0.1, 0.15) is 11.6 Å². The normalized spacial score (nSPS) is 18.3. The highest BCUT2D eigenvalue weighted by molar-refractivity contribution is 5.94. The van der Waals surface area contributed by atoms with Gasteiger partial charge in [-0.05, 0) is 67.4 Å². The summed E-state index contributed by atoms with van der Waals surface area (Å²) >= 11 is 0. The molecule has 0 aliphatic carbocycles. The van der Waals surface area contributed by atoms with Crippen LogP contribution in [-0.2, 0) is 26.7 Å². The fraction of sp³-hybridized carbons (Fsp3) is 0.567. The number of hydrogen-bond donors (Lipinski definition) is 1. The molecule has 4 heterocycles. The first-order valence-electron chi connectivity index (χ1n) is 14.0. The maximum absolute atomic E-state index is 13.5. The summed E-state index contributed by atoms with van der Waals surface area (Å²) in [6, 6.07) is 8.17. The molecule has 3 aromatic rings. The molecule has 8 heteroatoms. The lowest BCUT2D eigenvalue weighted by Gasteiger charge is -2.40. The Labute approximate surface area is 227 Å². The Morgan fingerprint density at radius 1 is 1.00 bits per heavy atom. The molecule has 2 saturated heterocycles. The molecule has 2 fully saturated rings. The number of piperidine rings is 1. The Hall–Kier alpha value is -2.97. The summed E-state index contributed by atoms with van der Waals surface area (Å²) in [4.78, 5) is 32.4. The highest BCUT2D eigenvalue weighted by Gasteiger charge is 2.41. The van der Waals surface area contributed by atoms with Gasteiger partial charge in [-0.2, -0.15) is 0 Å². The second-order valence-electron chi connectivity index (χ2n) is 12.6. The van der Waals surface area contributed by atoms with Gasteiger partial charge in [0.2, 0.25) is 0 Å². The lowest BCUT2D eigenvalue weighted by atomic mass is 9.77. The molecular formula is C30H43N7O. The monoisotopic (exact) mass is 517 g/mol. The molecule has 0 radical (unpaired) electrons. The van der Waals surface area contributed by atoms with Crippen molar-refractivity contribution in [2.24, 2.45) is 17.9 Å². The number of imidazole rings is 2. The minimum atomic E-state index is -0.0168. The van der Waals surface area contributed by atoms with Crippen LogP contribution in [0.25, 0.3) is 0 Å². The van der Waals surface area contributed by atoms with Gasteiger partial charge in [0, 0.05) is 57.0 Å². The van der Waals surface area contributed by atoms with E-state index in [9.17, 15) is 4.79 Å². The quantitative estimate of drug-likeness (QED) is 0.482. The van der Waals surface area contributed by atoms with Gasteiger partial charge >= 0.3 is 0 Å². The predicted molar refractivity (Wildman–Crippen MR) is 149 cm³/mol. The van der Waals surface area contributed by atoms with E-state index < -0.39 is 0 Å². The zero-order chi connectivity index (χ0) is 26.8. The third-order valence-electron chi connectivity index (χ3n) is 8.18. The molecule has 1 spiro atoms. The zero-order valence-corrected chi connectivity index (χ0v) is 23.5. The van der Waals surface area contributed by atoms with Crippen molar-refractivity contribution in [1.29, 1.82) is 0 Å². The van der Waals surface area contributed by atoms with Crippen LogP contribution in [0.4, 0.5) is 0 Å². The fourth-order valence-electron chi connectivity index (χ4n) is 6.10. The van der Waals surface area contributed by atoms with Crippen molar-refractivity contribution in [3.05, 3.63) is 71.8 Å². The van der Waals surface area contributed by atoms with Gasteiger partial charge in [-0.15, -0.1) is 0 Å². The summed E-state index contributed by atoms with van der Waals surface area (Å²) in [7, 11) is 1.95. The molecule has 204 valence electrons. The highest BCUT2D eigenvalue weighted by Crippen LogP contribution is 2.41. The number of amides is 1. The van der Waals surface area contributed by atoms with Crippen molar-refractivity contribution in [3.8, 4) is 0 Å². The Morgan fingerprint density at radius 2 is 1.71 bits per heavy atom. The topological polar surface area (TPSA) is 73.3 Å². The number of carbonyl (C=O) groups excluding carboxylic acids is 1. The van der Waals surface area contributed by atoms with Crippen LogP contribution in [0.5, 0.6) is 0 Å². The summed E-state index contributed by atoms with van der Waals surface area (Å²) < 4.78 is 1.95. The fourth-order valence-corrected chi connectivity index (χ4v) is 6.10. The number of aromatic nitrogens is 4. The first-order valence-corrected chi connectivity index (χ1v) is 14.0. The van der Waals surface area contributed by atoms with Crippen molar-refractivity contribution in [2.75, 3.05) is 32.7 Å². The molecule has 2 aliphatic rings. The van der Waals surface area contributed by atoms with E-state index in [0.29, 0.717) is 29.5 Å². The maximum atomic E-state index is 13.5. The molecule has 2 aromatic heterocycles.